The Labute approximate surface area is 99.5 Å². The fourth-order valence-electron chi connectivity index (χ4n) is 1.82. The van der Waals surface area contributed by atoms with Gasteiger partial charge >= 0.3 is 0 Å². The summed E-state index contributed by atoms with van der Waals surface area (Å²) in [4.78, 5) is 8.21. The van der Waals surface area contributed by atoms with Crippen LogP contribution in [0.3, 0.4) is 0 Å². The molecule has 0 bridgehead atoms. The minimum atomic E-state index is -0.214. The maximum absolute atomic E-state index is 13.2. The van der Waals surface area contributed by atoms with Gasteiger partial charge in [-0.05, 0) is 37.1 Å². The number of aryl methyl sites for hydroxylation is 1. The van der Waals surface area contributed by atoms with Crippen LogP contribution in [-0.2, 0) is 6.42 Å². The van der Waals surface area contributed by atoms with Crippen molar-refractivity contribution in [3.63, 3.8) is 0 Å². The molecule has 0 amide bonds. The molecule has 1 heterocycles. The first-order chi connectivity index (χ1) is 8.13. The molecule has 1 aromatic heterocycles. The molecular formula is C13H14FN3. The fourth-order valence-corrected chi connectivity index (χ4v) is 1.82. The predicted octanol–water partition coefficient (Wildman–Crippen LogP) is 2.74. The second-order valence-electron chi connectivity index (χ2n) is 3.90. The van der Waals surface area contributed by atoms with E-state index in [1.165, 1.54) is 12.4 Å². The molecule has 2 N–H and O–H groups in total. The van der Waals surface area contributed by atoms with Crippen LogP contribution in [0.5, 0.6) is 0 Å². The van der Waals surface area contributed by atoms with Gasteiger partial charge in [-0.3, -0.25) is 0 Å². The number of rotatable bonds is 2. The Kier molecular flexibility index (Phi) is 3.04. The molecule has 0 spiro atoms. The lowest BCUT2D eigenvalue weighted by molar-refractivity contribution is 0.618. The van der Waals surface area contributed by atoms with Crippen LogP contribution in [0.4, 0.5) is 10.2 Å². The topological polar surface area (TPSA) is 51.8 Å². The normalized spacial score (nSPS) is 10.5. The van der Waals surface area contributed by atoms with Crippen LogP contribution in [0, 0.1) is 12.7 Å². The largest absolute Gasteiger partial charge is 0.383 e. The van der Waals surface area contributed by atoms with Gasteiger partial charge < -0.3 is 5.73 Å². The van der Waals surface area contributed by atoms with E-state index in [2.05, 4.69) is 9.97 Å². The zero-order valence-corrected chi connectivity index (χ0v) is 9.87. The Bertz CT molecular complexity index is 552. The Morgan fingerprint density at radius 2 is 2.06 bits per heavy atom. The van der Waals surface area contributed by atoms with Crippen LogP contribution in [-0.4, -0.2) is 9.97 Å². The van der Waals surface area contributed by atoms with Gasteiger partial charge in [0.1, 0.15) is 18.0 Å². The standard InChI is InChI=1S/C13H14FN3/c1-3-10-12(16-7-17-13(10)15)9-4-5-11(14)8(2)6-9/h4-7H,3H2,1-2H3,(H2,15,16,17). The number of aromatic nitrogens is 2. The average Bonchev–Trinajstić information content (AvgIpc) is 2.32. The molecule has 17 heavy (non-hydrogen) atoms. The van der Waals surface area contributed by atoms with Crippen molar-refractivity contribution < 1.29 is 4.39 Å². The summed E-state index contributed by atoms with van der Waals surface area (Å²) in [6, 6.07) is 4.93. The molecule has 2 aromatic rings. The van der Waals surface area contributed by atoms with E-state index in [1.54, 1.807) is 19.1 Å². The molecule has 0 unspecified atom stereocenters. The van der Waals surface area contributed by atoms with E-state index in [9.17, 15) is 4.39 Å². The average molecular weight is 231 g/mol. The minimum Gasteiger partial charge on any atom is -0.383 e. The number of anilines is 1. The van der Waals surface area contributed by atoms with Crippen molar-refractivity contribution in [2.75, 3.05) is 5.73 Å². The molecule has 2 rings (SSSR count). The number of hydrogen-bond donors (Lipinski definition) is 1. The number of nitrogens with zero attached hydrogens (tertiary/aromatic N) is 2. The Hall–Kier alpha value is -1.97. The zero-order valence-electron chi connectivity index (χ0n) is 9.87. The summed E-state index contributed by atoms with van der Waals surface area (Å²) in [6.45, 7) is 3.73. The second-order valence-corrected chi connectivity index (χ2v) is 3.90. The lowest BCUT2D eigenvalue weighted by Crippen LogP contribution is -2.01. The summed E-state index contributed by atoms with van der Waals surface area (Å²) >= 11 is 0. The van der Waals surface area contributed by atoms with E-state index >= 15 is 0 Å². The van der Waals surface area contributed by atoms with Crippen LogP contribution in [0.1, 0.15) is 18.1 Å². The maximum atomic E-state index is 13.2. The van der Waals surface area contributed by atoms with Crippen LogP contribution in [0.2, 0.25) is 0 Å². The SMILES string of the molecule is CCc1c(N)ncnc1-c1ccc(F)c(C)c1. The smallest absolute Gasteiger partial charge is 0.130 e. The van der Waals surface area contributed by atoms with Crippen molar-refractivity contribution in [2.45, 2.75) is 20.3 Å². The third kappa shape index (κ3) is 2.11. The van der Waals surface area contributed by atoms with E-state index in [4.69, 9.17) is 5.73 Å². The number of nitrogens with two attached hydrogens (primary N) is 1. The number of halogens is 1. The number of hydrogen-bond acceptors (Lipinski definition) is 3. The Morgan fingerprint density at radius 3 is 2.71 bits per heavy atom. The van der Waals surface area contributed by atoms with Gasteiger partial charge in [0.25, 0.3) is 0 Å². The van der Waals surface area contributed by atoms with E-state index in [1.807, 2.05) is 6.92 Å². The third-order valence-corrected chi connectivity index (χ3v) is 2.76. The molecule has 0 aliphatic carbocycles. The molecule has 0 aliphatic heterocycles. The van der Waals surface area contributed by atoms with Crippen molar-refractivity contribution in [1.29, 1.82) is 0 Å². The van der Waals surface area contributed by atoms with Gasteiger partial charge in [0.15, 0.2) is 0 Å². The molecule has 0 fully saturated rings. The molecule has 0 radical (unpaired) electrons. The summed E-state index contributed by atoms with van der Waals surface area (Å²) in [5.41, 5.74) is 8.96. The molecule has 3 nitrogen and oxygen atoms in total. The van der Waals surface area contributed by atoms with Crippen molar-refractivity contribution in [2.24, 2.45) is 0 Å². The minimum absolute atomic E-state index is 0.214. The highest BCUT2D eigenvalue weighted by Crippen LogP contribution is 2.25. The molecule has 4 heteroatoms. The second kappa shape index (κ2) is 4.49. The maximum Gasteiger partial charge on any atom is 0.130 e. The first kappa shape index (κ1) is 11.5. The van der Waals surface area contributed by atoms with Crippen LogP contribution < -0.4 is 5.73 Å². The van der Waals surface area contributed by atoms with Gasteiger partial charge in [-0.25, -0.2) is 14.4 Å². The predicted molar refractivity (Wildman–Crippen MR) is 66.0 cm³/mol. The highest BCUT2D eigenvalue weighted by molar-refractivity contribution is 5.67. The molecule has 0 aliphatic rings. The van der Waals surface area contributed by atoms with Gasteiger partial charge in [-0.2, -0.15) is 0 Å². The van der Waals surface area contributed by atoms with Crippen LogP contribution >= 0.6 is 0 Å². The molecule has 88 valence electrons. The molecule has 0 atom stereocenters. The van der Waals surface area contributed by atoms with Gasteiger partial charge in [0.2, 0.25) is 0 Å². The van der Waals surface area contributed by atoms with E-state index < -0.39 is 0 Å². The van der Waals surface area contributed by atoms with E-state index in [-0.39, 0.29) is 5.82 Å². The van der Waals surface area contributed by atoms with Gasteiger partial charge in [0, 0.05) is 11.1 Å². The third-order valence-electron chi connectivity index (χ3n) is 2.76. The molecule has 0 saturated heterocycles. The van der Waals surface area contributed by atoms with Gasteiger partial charge in [-0.1, -0.05) is 6.92 Å². The molecule has 1 aromatic carbocycles. The first-order valence-electron chi connectivity index (χ1n) is 5.49. The molecular weight excluding hydrogens is 217 g/mol. The van der Waals surface area contributed by atoms with Gasteiger partial charge in [0.05, 0.1) is 5.69 Å². The lowest BCUT2D eigenvalue weighted by atomic mass is 10.0. The summed E-state index contributed by atoms with van der Waals surface area (Å²) in [5, 5.41) is 0. The van der Waals surface area contributed by atoms with Gasteiger partial charge in [-0.15, -0.1) is 0 Å². The highest BCUT2D eigenvalue weighted by Gasteiger charge is 2.10. The van der Waals surface area contributed by atoms with E-state index in [0.717, 1.165) is 23.2 Å². The van der Waals surface area contributed by atoms with Crippen molar-refractivity contribution >= 4 is 5.82 Å². The Morgan fingerprint density at radius 1 is 1.29 bits per heavy atom. The monoisotopic (exact) mass is 231 g/mol. The summed E-state index contributed by atoms with van der Waals surface area (Å²) < 4.78 is 13.2. The summed E-state index contributed by atoms with van der Waals surface area (Å²) in [6.07, 6.45) is 2.18. The number of nitrogen functional groups attached to an aromatic ring is 1. The van der Waals surface area contributed by atoms with Crippen LogP contribution in [0.15, 0.2) is 24.5 Å². The highest BCUT2D eigenvalue weighted by atomic mass is 19.1. The van der Waals surface area contributed by atoms with Crippen molar-refractivity contribution in [3.8, 4) is 11.3 Å². The van der Waals surface area contributed by atoms with E-state index in [0.29, 0.717) is 11.4 Å². The number of benzene rings is 1. The summed E-state index contributed by atoms with van der Waals surface area (Å²) in [7, 11) is 0. The van der Waals surface area contributed by atoms with Crippen LogP contribution in [0.25, 0.3) is 11.3 Å². The van der Waals surface area contributed by atoms with Crippen molar-refractivity contribution in [3.05, 3.63) is 41.5 Å². The quantitative estimate of drug-likeness (QED) is 0.864. The zero-order chi connectivity index (χ0) is 12.4. The van der Waals surface area contributed by atoms with Crippen molar-refractivity contribution in [1.82, 2.24) is 9.97 Å². The lowest BCUT2D eigenvalue weighted by Gasteiger charge is -2.09. The Balaban J connectivity index is 2.60. The fraction of sp³-hybridized carbons (Fsp3) is 0.231. The summed E-state index contributed by atoms with van der Waals surface area (Å²) in [5.74, 6) is 0.272. The first-order valence-corrected chi connectivity index (χ1v) is 5.49. The molecule has 0 saturated carbocycles.